The van der Waals surface area contributed by atoms with Gasteiger partial charge in [0.1, 0.15) is 11.1 Å². The van der Waals surface area contributed by atoms with Gasteiger partial charge >= 0.3 is 12.1 Å². The molecule has 0 heterocycles. The van der Waals surface area contributed by atoms with E-state index in [0.29, 0.717) is 12.8 Å². The largest absolute Gasteiger partial charge is 0.467 e. The summed E-state index contributed by atoms with van der Waals surface area (Å²) in [5.74, 6) is -0.489. The van der Waals surface area contributed by atoms with Gasteiger partial charge in [0.25, 0.3) is 0 Å². The summed E-state index contributed by atoms with van der Waals surface area (Å²) in [6.07, 6.45) is 0.0921. The highest BCUT2D eigenvalue weighted by atomic mass is 16.6. The van der Waals surface area contributed by atoms with Crippen molar-refractivity contribution in [3.8, 4) is 0 Å². The van der Waals surface area contributed by atoms with E-state index in [1.807, 2.05) is 0 Å². The topological polar surface area (TPSA) is 84.9 Å². The molecular formula is C12H21NO5. The smallest absolute Gasteiger partial charge is 0.408 e. The van der Waals surface area contributed by atoms with Gasteiger partial charge in [-0.2, -0.15) is 0 Å². The standard InChI is InChI=1S/C12H21NO5/c1-11(2,3)18-10(16)13-12(9(15)17-4)5-8(6-12)7-14/h8,14H,5-7H2,1-4H3,(H,13,16). The van der Waals surface area contributed by atoms with Gasteiger partial charge < -0.3 is 19.9 Å². The summed E-state index contributed by atoms with van der Waals surface area (Å²) in [5, 5.41) is 11.6. The number of alkyl carbamates (subject to hydrolysis) is 1. The first-order chi connectivity index (χ1) is 8.22. The average molecular weight is 259 g/mol. The predicted octanol–water partition coefficient (Wildman–Crippen LogP) is 0.825. The van der Waals surface area contributed by atoms with E-state index < -0.39 is 23.2 Å². The minimum absolute atomic E-state index is 0.00522. The number of esters is 1. The molecular weight excluding hydrogens is 238 g/mol. The van der Waals surface area contributed by atoms with Crippen molar-refractivity contribution < 1.29 is 24.2 Å². The summed E-state index contributed by atoms with van der Waals surface area (Å²) in [6.45, 7) is 5.23. The lowest BCUT2D eigenvalue weighted by Crippen LogP contribution is -2.63. The summed E-state index contributed by atoms with van der Waals surface area (Å²) in [6, 6.07) is 0. The number of ether oxygens (including phenoxy) is 2. The molecule has 0 aromatic rings. The van der Waals surface area contributed by atoms with Crippen molar-refractivity contribution in [2.24, 2.45) is 5.92 Å². The van der Waals surface area contributed by atoms with Gasteiger partial charge in [0, 0.05) is 6.61 Å². The monoisotopic (exact) mass is 259 g/mol. The Morgan fingerprint density at radius 3 is 2.33 bits per heavy atom. The average Bonchev–Trinajstić information content (AvgIpc) is 2.18. The normalized spacial score (nSPS) is 27.1. The van der Waals surface area contributed by atoms with Crippen LogP contribution in [0.5, 0.6) is 0 Å². The maximum absolute atomic E-state index is 11.7. The Labute approximate surface area is 107 Å². The molecule has 1 aliphatic carbocycles. The van der Waals surface area contributed by atoms with E-state index in [2.05, 4.69) is 5.32 Å². The van der Waals surface area contributed by atoms with Crippen LogP contribution >= 0.6 is 0 Å². The molecule has 0 unspecified atom stereocenters. The second kappa shape index (κ2) is 5.14. The Morgan fingerprint density at radius 1 is 1.39 bits per heavy atom. The molecule has 0 radical (unpaired) electrons. The van der Waals surface area contributed by atoms with Crippen LogP contribution in [0.3, 0.4) is 0 Å². The number of carbonyl (C=O) groups excluding carboxylic acids is 2. The van der Waals surface area contributed by atoms with Crippen LogP contribution in [0.1, 0.15) is 33.6 Å². The molecule has 0 aromatic carbocycles. The second-order valence-corrected chi connectivity index (χ2v) is 5.66. The lowest BCUT2D eigenvalue weighted by atomic mass is 9.68. The molecule has 1 rings (SSSR count). The van der Waals surface area contributed by atoms with Gasteiger partial charge in [-0.15, -0.1) is 0 Å². The number of hydrogen-bond acceptors (Lipinski definition) is 5. The Kier molecular flexibility index (Phi) is 4.21. The fourth-order valence-electron chi connectivity index (χ4n) is 2.07. The summed E-state index contributed by atoms with van der Waals surface area (Å²) in [4.78, 5) is 23.4. The van der Waals surface area contributed by atoms with Gasteiger partial charge in [-0.05, 0) is 39.5 Å². The van der Waals surface area contributed by atoms with Crippen LogP contribution in [0.15, 0.2) is 0 Å². The Morgan fingerprint density at radius 2 is 1.94 bits per heavy atom. The first-order valence-electron chi connectivity index (χ1n) is 5.93. The SMILES string of the molecule is COC(=O)C1(NC(=O)OC(C)(C)C)CC(CO)C1. The maximum Gasteiger partial charge on any atom is 0.408 e. The molecule has 1 amide bonds. The van der Waals surface area contributed by atoms with Crippen molar-refractivity contribution in [1.29, 1.82) is 0 Å². The van der Waals surface area contributed by atoms with Gasteiger partial charge in [0.05, 0.1) is 7.11 Å². The Hall–Kier alpha value is -1.30. The molecule has 0 bridgehead atoms. The van der Waals surface area contributed by atoms with E-state index in [4.69, 9.17) is 14.6 Å². The van der Waals surface area contributed by atoms with Crippen LogP contribution in [0.4, 0.5) is 4.79 Å². The highest BCUT2D eigenvalue weighted by molar-refractivity contribution is 5.87. The number of carbonyl (C=O) groups is 2. The van der Waals surface area contributed by atoms with E-state index in [1.54, 1.807) is 20.8 Å². The molecule has 0 aliphatic heterocycles. The predicted molar refractivity (Wildman–Crippen MR) is 63.9 cm³/mol. The number of aliphatic hydroxyl groups is 1. The highest BCUT2D eigenvalue weighted by Gasteiger charge is 2.52. The molecule has 2 N–H and O–H groups in total. The summed E-state index contributed by atoms with van der Waals surface area (Å²) in [7, 11) is 1.27. The van der Waals surface area contributed by atoms with Crippen LogP contribution in [0.2, 0.25) is 0 Å². The van der Waals surface area contributed by atoms with E-state index in [9.17, 15) is 9.59 Å². The molecule has 0 atom stereocenters. The van der Waals surface area contributed by atoms with Gasteiger partial charge in [-0.25, -0.2) is 9.59 Å². The molecule has 6 heteroatoms. The number of amides is 1. The first-order valence-corrected chi connectivity index (χ1v) is 5.93. The Balaban J connectivity index is 2.65. The van der Waals surface area contributed by atoms with Gasteiger partial charge in [0.15, 0.2) is 0 Å². The third-order valence-electron chi connectivity index (χ3n) is 2.85. The van der Waals surface area contributed by atoms with Gasteiger partial charge in [-0.3, -0.25) is 0 Å². The zero-order chi connectivity index (χ0) is 14.0. The number of methoxy groups -OCH3 is 1. The van der Waals surface area contributed by atoms with Crippen molar-refractivity contribution in [3.05, 3.63) is 0 Å². The highest BCUT2D eigenvalue weighted by Crippen LogP contribution is 2.38. The van der Waals surface area contributed by atoms with Gasteiger partial charge in [-0.1, -0.05) is 0 Å². The molecule has 0 spiro atoms. The maximum atomic E-state index is 11.7. The van der Waals surface area contributed by atoms with Crippen molar-refractivity contribution in [2.75, 3.05) is 13.7 Å². The van der Waals surface area contributed by atoms with Crippen molar-refractivity contribution in [1.82, 2.24) is 5.32 Å². The quantitative estimate of drug-likeness (QED) is 0.733. The molecule has 104 valence electrons. The zero-order valence-electron chi connectivity index (χ0n) is 11.3. The van der Waals surface area contributed by atoms with E-state index in [0.717, 1.165) is 0 Å². The third kappa shape index (κ3) is 3.35. The zero-order valence-corrected chi connectivity index (χ0v) is 11.3. The van der Waals surface area contributed by atoms with Crippen LogP contribution in [-0.2, 0) is 14.3 Å². The fraction of sp³-hybridized carbons (Fsp3) is 0.833. The van der Waals surface area contributed by atoms with Crippen molar-refractivity contribution in [2.45, 2.75) is 44.8 Å². The number of nitrogens with one attached hydrogen (secondary N) is 1. The lowest BCUT2D eigenvalue weighted by molar-refractivity contribution is -0.155. The molecule has 6 nitrogen and oxygen atoms in total. The fourth-order valence-corrected chi connectivity index (χ4v) is 2.07. The Bertz CT molecular complexity index is 328. The summed E-state index contributed by atoms with van der Waals surface area (Å²) < 4.78 is 9.80. The van der Waals surface area contributed by atoms with Crippen LogP contribution in [0.25, 0.3) is 0 Å². The minimum Gasteiger partial charge on any atom is -0.467 e. The number of hydrogen-bond donors (Lipinski definition) is 2. The molecule has 0 saturated heterocycles. The minimum atomic E-state index is -1.05. The molecule has 1 aliphatic rings. The lowest BCUT2D eigenvalue weighted by Gasteiger charge is -2.44. The van der Waals surface area contributed by atoms with Gasteiger partial charge in [0.2, 0.25) is 0 Å². The molecule has 0 aromatic heterocycles. The second-order valence-electron chi connectivity index (χ2n) is 5.66. The van der Waals surface area contributed by atoms with Crippen molar-refractivity contribution in [3.63, 3.8) is 0 Å². The molecule has 18 heavy (non-hydrogen) atoms. The van der Waals surface area contributed by atoms with Crippen LogP contribution in [0, 0.1) is 5.92 Å². The molecule has 1 saturated carbocycles. The van der Waals surface area contributed by atoms with Crippen LogP contribution in [-0.4, -0.2) is 42.0 Å². The van der Waals surface area contributed by atoms with E-state index >= 15 is 0 Å². The van der Waals surface area contributed by atoms with Crippen molar-refractivity contribution >= 4 is 12.1 Å². The van der Waals surface area contributed by atoms with E-state index in [-0.39, 0.29) is 12.5 Å². The number of aliphatic hydroxyl groups excluding tert-OH is 1. The first kappa shape index (κ1) is 14.8. The summed E-state index contributed by atoms with van der Waals surface area (Å²) in [5.41, 5.74) is -1.67. The summed E-state index contributed by atoms with van der Waals surface area (Å²) >= 11 is 0. The molecule has 1 fully saturated rings. The number of rotatable bonds is 3. The van der Waals surface area contributed by atoms with E-state index in [1.165, 1.54) is 7.11 Å². The third-order valence-corrected chi connectivity index (χ3v) is 2.85. The van der Waals surface area contributed by atoms with Crippen LogP contribution < -0.4 is 5.32 Å².